The molecule has 0 aliphatic rings. The van der Waals surface area contributed by atoms with E-state index in [0.29, 0.717) is 12.4 Å². The second-order valence-corrected chi connectivity index (χ2v) is 4.84. The Kier molecular flexibility index (Phi) is 2.64. The first-order chi connectivity index (χ1) is 9.10. The van der Waals surface area contributed by atoms with E-state index in [-0.39, 0.29) is 6.61 Å². The quantitative estimate of drug-likeness (QED) is 0.732. The van der Waals surface area contributed by atoms with Crippen LogP contribution < -0.4 is 5.73 Å². The van der Waals surface area contributed by atoms with Crippen LogP contribution in [0.4, 0.5) is 5.82 Å². The predicted molar refractivity (Wildman–Crippen MR) is 76.0 cm³/mol. The Morgan fingerprint density at radius 3 is 2.74 bits per heavy atom. The van der Waals surface area contributed by atoms with Gasteiger partial charge >= 0.3 is 0 Å². The van der Waals surface area contributed by atoms with Gasteiger partial charge in [-0.2, -0.15) is 5.10 Å². The molecule has 0 fully saturated rings. The van der Waals surface area contributed by atoms with E-state index in [1.807, 2.05) is 12.1 Å². The first kappa shape index (κ1) is 11.9. The highest BCUT2D eigenvalue weighted by molar-refractivity contribution is 5.97. The zero-order valence-electron chi connectivity index (χ0n) is 11.0. The fourth-order valence-electron chi connectivity index (χ4n) is 2.49. The molecule has 98 valence electrons. The van der Waals surface area contributed by atoms with E-state index in [1.54, 1.807) is 4.68 Å². The number of rotatable bonds is 2. The highest BCUT2D eigenvalue weighted by Gasteiger charge is 2.11. The number of fused-ring (bicyclic) bond motifs is 2. The van der Waals surface area contributed by atoms with Gasteiger partial charge in [0.15, 0.2) is 11.5 Å². The largest absolute Gasteiger partial charge is 0.394 e. The number of aryl methyl sites for hydroxylation is 2. The highest BCUT2D eigenvalue weighted by Crippen LogP contribution is 2.26. The maximum absolute atomic E-state index is 9.06. The van der Waals surface area contributed by atoms with E-state index in [2.05, 4.69) is 30.0 Å². The molecule has 0 amide bonds. The molecule has 5 nitrogen and oxygen atoms in total. The highest BCUT2D eigenvalue weighted by atomic mass is 16.3. The third-order valence-corrected chi connectivity index (χ3v) is 3.33. The molecule has 2 heterocycles. The third-order valence-electron chi connectivity index (χ3n) is 3.33. The Labute approximate surface area is 110 Å². The lowest BCUT2D eigenvalue weighted by Gasteiger charge is -2.05. The van der Waals surface area contributed by atoms with Gasteiger partial charge in [0.05, 0.1) is 24.1 Å². The molecule has 0 atom stereocenters. The molecule has 2 aromatic heterocycles. The summed E-state index contributed by atoms with van der Waals surface area (Å²) in [5.41, 5.74) is 9.94. The molecule has 0 aliphatic heterocycles. The summed E-state index contributed by atoms with van der Waals surface area (Å²) in [5.74, 6) is 0.456. The van der Waals surface area contributed by atoms with E-state index in [0.717, 1.165) is 21.9 Å². The van der Waals surface area contributed by atoms with Gasteiger partial charge in [0, 0.05) is 5.39 Å². The molecule has 3 N–H and O–H groups in total. The van der Waals surface area contributed by atoms with Crippen molar-refractivity contribution in [2.45, 2.75) is 20.4 Å². The fourth-order valence-corrected chi connectivity index (χ4v) is 2.49. The average molecular weight is 256 g/mol. The Balaban J connectivity index is 2.40. The van der Waals surface area contributed by atoms with Crippen LogP contribution in [0.5, 0.6) is 0 Å². The molecule has 3 aromatic rings. The Morgan fingerprint density at radius 1 is 1.21 bits per heavy atom. The number of hydrogen-bond donors (Lipinski definition) is 2. The molecule has 1 aromatic carbocycles. The van der Waals surface area contributed by atoms with Crippen LogP contribution in [0.25, 0.3) is 21.9 Å². The van der Waals surface area contributed by atoms with Crippen molar-refractivity contribution in [1.29, 1.82) is 0 Å². The van der Waals surface area contributed by atoms with E-state index in [4.69, 9.17) is 10.8 Å². The van der Waals surface area contributed by atoms with Crippen LogP contribution in [-0.2, 0) is 6.54 Å². The van der Waals surface area contributed by atoms with E-state index < -0.39 is 0 Å². The number of aliphatic hydroxyl groups excluding tert-OH is 1. The summed E-state index contributed by atoms with van der Waals surface area (Å²) in [6.07, 6.45) is 0. The number of nitrogen functional groups attached to an aromatic ring is 1. The van der Waals surface area contributed by atoms with Crippen molar-refractivity contribution in [1.82, 2.24) is 14.8 Å². The number of nitrogens with two attached hydrogens (primary N) is 1. The minimum atomic E-state index is 0.0166. The van der Waals surface area contributed by atoms with Crippen LogP contribution in [0.15, 0.2) is 18.2 Å². The maximum atomic E-state index is 9.06. The number of aromatic nitrogens is 3. The second kappa shape index (κ2) is 4.20. The molecular weight excluding hydrogens is 240 g/mol. The van der Waals surface area contributed by atoms with Gasteiger partial charge in [-0.05, 0) is 37.1 Å². The molecule has 0 unspecified atom stereocenters. The summed E-state index contributed by atoms with van der Waals surface area (Å²) in [4.78, 5) is 4.65. The number of anilines is 1. The van der Waals surface area contributed by atoms with E-state index in [1.165, 1.54) is 11.1 Å². The summed E-state index contributed by atoms with van der Waals surface area (Å²) < 4.78 is 1.65. The van der Waals surface area contributed by atoms with Crippen molar-refractivity contribution in [3.63, 3.8) is 0 Å². The van der Waals surface area contributed by atoms with Gasteiger partial charge in [0.2, 0.25) is 0 Å². The number of benzene rings is 1. The zero-order chi connectivity index (χ0) is 13.6. The minimum Gasteiger partial charge on any atom is -0.394 e. The topological polar surface area (TPSA) is 77.0 Å². The summed E-state index contributed by atoms with van der Waals surface area (Å²) >= 11 is 0. The molecule has 19 heavy (non-hydrogen) atoms. The van der Waals surface area contributed by atoms with Crippen molar-refractivity contribution in [2.75, 3.05) is 12.3 Å². The minimum absolute atomic E-state index is 0.0166. The van der Waals surface area contributed by atoms with E-state index >= 15 is 0 Å². The summed E-state index contributed by atoms with van der Waals surface area (Å²) in [6.45, 7) is 4.54. The Hall–Kier alpha value is -2.14. The number of nitrogens with zero attached hydrogens (tertiary/aromatic N) is 3. The molecule has 0 spiro atoms. The number of aliphatic hydroxyl groups is 1. The first-order valence-corrected chi connectivity index (χ1v) is 6.25. The second-order valence-electron chi connectivity index (χ2n) is 4.84. The molecule has 5 heteroatoms. The van der Waals surface area contributed by atoms with Crippen molar-refractivity contribution >= 4 is 27.8 Å². The monoisotopic (exact) mass is 256 g/mol. The van der Waals surface area contributed by atoms with Crippen LogP contribution in [0.2, 0.25) is 0 Å². The van der Waals surface area contributed by atoms with Crippen LogP contribution >= 0.6 is 0 Å². The summed E-state index contributed by atoms with van der Waals surface area (Å²) in [7, 11) is 0. The Bertz CT molecular complexity index is 776. The molecular formula is C14H16N4O. The van der Waals surface area contributed by atoms with Gasteiger partial charge in [-0.15, -0.1) is 0 Å². The predicted octanol–water partition coefficient (Wildman–Crippen LogP) is 1.78. The molecule has 0 radical (unpaired) electrons. The van der Waals surface area contributed by atoms with Crippen LogP contribution in [0.1, 0.15) is 11.1 Å². The Morgan fingerprint density at radius 2 is 2.00 bits per heavy atom. The van der Waals surface area contributed by atoms with Gasteiger partial charge in [-0.1, -0.05) is 6.07 Å². The van der Waals surface area contributed by atoms with Crippen LogP contribution in [0, 0.1) is 13.8 Å². The smallest absolute Gasteiger partial charge is 0.160 e. The van der Waals surface area contributed by atoms with Gasteiger partial charge in [-0.3, -0.25) is 0 Å². The number of pyridine rings is 1. The van der Waals surface area contributed by atoms with Gasteiger partial charge in [0.1, 0.15) is 0 Å². The molecule has 0 saturated heterocycles. The summed E-state index contributed by atoms with van der Waals surface area (Å²) in [6, 6.07) is 6.21. The molecule has 0 aliphatic carbocycles. The standard InChI is InChI=1S/C14H16N4O/c1-8-5-9(2)10-7-11-13(15)17-18(3-4-19)14(11)16-12(10)6-8/h5-7,19H,3-4H2,1-2H3,(H2,15,17). The van der Waals surface area contributed by atoms with Crippen molar-refractivity contribution < 1.29 is 5.11 Å². The van der Waals surface area contributed by atoms with E-state index in [9.17, 15) is 0 Å². The third kappa shape index (κ3) is 1.82. The average Bonchev–Trinajstić information content (AvgIpc) is 2.64. The van der Waals surface area contributed by atoms with Crippen LogP contribution in [0.3, 0.4) is 0 Å². The lowest BCUT2D eigenvalue weighted by molar-refractivity contribution is 0.271. The van der Waals surface area contributed by atoms with Crippen LogP contribution in [-0.4, -0.2) is 26.5 Å². The molecule has 3 rings (SSSR count). The van der Waals surface area contributed by atoms with Gasteiger partial charge in [0.25, 0.3) is 0 Å². The van der Waals surface area contributed by atoms with Crippen molar-refractivity contribution in [2.24, 2.45) is 0 Å². The summed E-state index contributed by atoms with van der Waals surface area (Å²) in [5, 5.41) is 15.2. The number of hydrogen-bond acceptors (Lipinski definition) is 4. The maximum Gasteiger partial charge on any atom is 0.160 e. The normalized spacial score (nSPS) is 11.5. The van der Waals surface area contributed by atoms with Gasteiger partial charge < -0.3 is 10.8 Å². The lowest BCUT2D eigenvalue weighted by atomic mass is 10.1. The first-order valence-electron chi connectivity index (χ1n) is 6.25. The zero-order valence-corrected chi connectivity index (χ0v) is 11.0. The molecule has 0 bridgehead atoms. The lowest BCUT2D eigenvalue weighted by Crippen LogP contribution is -2.05. The SMILES string of the molecule is Cc1cc(C)c2cc3c(N)nn(CCO)c3nc2c1. The molecule has 0 saturated carbocycles. The van der Waals surface area contributed by atoms with Gasteiger partial charge in [-0.25, -0.2) is 9.67 Å². The van der Waals surface area contributed by atoms with Crippen molar-refractivity contribution in [3.8, 4) is 0 Å². The van der Waals surface area contributed by atoms with Crippen molar-refractivity contribution in [3.05, 3.63) is 29.3 Å². The fraction of sp³-hybridized carbons (Fsp3) is 0.286.